The lowest BCUT2D eigenvalue weighted by Gasteiger charge is -2.11. The minimum absolute atomic E-state index is 0.166. The third-order valence-electron chi connectivity index (χ3n) is 3.01. The van der Waals surface area contributed by atoms with E-state index in [0.717, 1.165) is 11.1 Å². The first-order valence-electron chi connectivity index (χ1n) is 7.11. The highest BCUT2D eigenvalue weighted by Gasteiger charge is 2.10. The molecule has 0 saturated heterocycles. The Morgan fingerprint density at radius 1 is 1.43 bits per heavy atom. The van der Waals surface area contributed by atoms with Gasteiger partial charge in [-0.3, -0.25) is 4.79 Å². The van der Waals surface area contributed by atoms with Crippen molar-refractivity contribution in [2.75, 3.05) is 13.7 Å². The molecule has 0 aliphatic carbocycles. The first kappa shape index (κ1) is 17.4. The Morgan fingerprint density at radius 2 is 2.26 bits per heavy atom. The highest BCUT2D eigenvalue weighted by atomic mass is 35.5. The summed E-state index contributed by atoms with van der Waals surface area (Å²) in [5.74, 6) is 0.884. The summed E-state index contributed by atoms with van der Waals surface area (Å²) in [7, 11) is 1.54. The number of nitrogens with one attached hydrogen (secondary N) is 1. The highest BCUT2D eigenvalue weighted by molar-refractivity contribution is 7.07. The van der Waals surface area contributed by atoms with Gasteiger partial charge in [-0.05, 0) is 53.1 Å². The predicted molar refractivity (Wildman–Crippen MR) is 94.4 cm³/mol. The van der Waals surface area contributed by atoms with Crippen LogP contribution in [0.25, 0.3) is 6.08 Å². The zero-order chi connectivity index (χ0) is 16.7. The van der Waals surface area contributed by atoms with Gasteiger partial charge in [-0.2, -0.15) is 11.3 Å². The molecular formula is C17H18ClNO3S. The summed E-state index contributed by atoms with van der Waals surface area (Å²) in [5, 5.41) is 7.25. The van der Waals surface area contributed by atoms with E-state index in [1.54, 1.807) is 29.5 Å². The van der Waals surface area contributed by atoms with Crippen LogP contribution in [0.4, 0.5) is 0 Å². The number of ether oxygens (including phenoxy) is 2. The molecule has 6 heteroatoms. The molecule has 0 atom stereocenters. The van der Waals surface area contributed by atoms with Crippen LogP contribution in [0.1, 0.15) is 18.1 Å². The molecule has 0 bridgehead atoms. The summed E-state index contributed by atoms with van der Waals surface area (Å²) < 4.78 is 10.7. The number of rotatable bonds is 7. The van der Waals surface area contributed by atoms with Gasteiger partial charge in [-0.1, -0.05) is 11.6 Å². The van der Waals surface area contributed by atoms with Gasteiger partial charge in [-0.25, -0.2) is 0 Å². The maximum Gasteiger partial charge on any atom is 0.244 e. The van der Waals surface area contributed by atoms with Gasteiger partial charge in [0.25, 0.3) is 0 Å². The molecule has 0 spiro atoms. The van der Waals surface area contributed by atoms with Crippen LogP contribution in [0.2, 0.25) is 5.02 Å². The van der Waals surface area contributed by atoms with E-state index in [1.165, 1.54) is 13.2 Å². The SMILES string of the molecule is CCOc1cc(/C=C/C(=O)NCc2ccsc2)cc(Cl)c1OC. The molecule has 1 amide bonds. The summed E-state index contributed by atoms with van der Waals surface area (Å²) in [6.07, 6.45) is 3.16. The van der Waals surface area contributed by atoms with Crippen molar-refractivity contribution >= 4 is 34.9 Å². The van der Waals surface area contributed by atoms with Crippen LogP contribution < -0.4 is 14.8 Å². The Labute approximate surface area is 144 Å². The molecule has 0 unspecified atom stereocenters. The number of thiophene rings is 1. The number of hydrogen-bond acceptors (Lipinski definition) is 4. The molecule has 1 aromatic carbocycles. The van der Waals surface area contributed by atoms with Gasteiger partial charge >= 0.3 is 0 Å². The van der Waals surface area contributed by atoms with Gasteiger partial charge < -0.3 is 14.8 Å². The molecule has 0 aliphatic heterocycles. The number of benzene rings is 1. The Morgan fingerprint density at radius 3 is 2.91 bits per heavy atom. The van der Waals surface area contributed by atoms with Gasteiger partial charge in [0.05, 0.1) is 18.7 Å². The zero-order valence-corrected chi connectivity index (χ0v) is 14.5. The molecule has 0 aliphatic rings. The van der Waals surface area contributed by atoms with Crippen molar-refractivity contribution in [3.63, 3.8) is 0 Å². The third-order valence-corrected chi connectivity index (χ3v) is 4.02. The average molecular weight is 352 g/mol. The molecule has 23 heavy (non-hydrogen) atoms. The van der Waals surface area contributed by atoms with E-state index in [-0.39, 0.29) is 5.91 Å². The monoisotopic (exact) mass is 351 g/mol. The van der Waals surface area contributed by atoms with E-state index in [0.29, 0.717) is 29.7 Å². The Bertz CT molecular complexity index is 683. The van der Waals surface area contributed by atoms with Crippen molar-refractivity contribution in [3.8, 4) is 11.5 Å². The quantitative estimate of drug-likeness (QED) is 0.763. The second kappa shape index (κ2) is 8.60. The number of hydrogen-bond donors (Lipinski definition) is 1. The first-order chi connectivity index (χ1) is 11.1. The van der Waals surface area contributed by atoms with Gasteiger partial charge in [0, 0.05) is 12.6 Å². The summed E-state index contributed by atoms with van der Waals surface area (Å²) in [6, 6.07) is 5.49. The first-order valence-corrected chi connectivity index (χ1v) is 8.43. The number of halogens is 1. The molecule has 1 N–H and O–H groups in total. The van der Waals surface area contributed by atoms with Crippen LogP contribution in [0.3, 0.4) is 0 Å². The number of methoxy groups -OCH3 is 1. The lowest BCUT2D eigenvalue weighted by molar-refractivity contribution is -0.116. The molecule has 1 aromatic heterocycles. The van der Waals surface area contributed by atoms with Crippen molar-refractivity contribution < 1.29 is 14.3 Å². The maximum atomic E-state index is 11.8. The van der Waals surface area contributed by atoms with E-state index in [1.807, 2.05) is 23.8 Å². The molecule has 2 aromatic rings. The molecule has 0 radical (unpaired) electrons. The number of amides is 1. The Balaban J connectivity index is 2.04. The molecule has 0 saturated carbocycles. The molecule has 4 nitrogen and oxygen atoms in total. The largest absolute Gasteiger partial charge is 0.491 e. The fraction of sp³-hybridized carbons (Fsp3) is 0.235. The van der Waals surface area contributed by atoms with Crippen LogP contribution in [-0.4, -0.2) is 19.6 Å². The summed E-state index contributed by atoms with van der Waals surface area (Å²) in [4.78, 5) is 11.8. The van der Waals surface area contributed by atoms with E-state index in [9.17, 15) is 4.79 Å². The highest BCUT2D eigenvalue weighted by Crippen LogP contribution is 2.36. The van der Waals surface area contributed by atoms with Crippen molar-refractivity contribution in [1.82, 2.24) is 5.32 Å². The summed E-state index contributed by atoms with van der Waals surface area (Å²) in [6.45, 7) is 2.90. The minimum atomic E-state index is -0.166. The second-order valence-electron chi connectivity index (χ2n) is 4.65. The van der Waals surface area contributed by atoms with E-state index in [4.69, 9.17) is 21.1 Å². The van der Waals surface area contributed by atoms with Crippen molar-refractivity contribution in [3.05, 3.63) is 51.2 Å². The molecule has 1 heterocycles. The van der Waals surface area contributed by atoms with Gasteiger partial charge in [0.2, 0.25) is 5.91 Å². The Hall–Kier alpha value is -1.98. The van der Waals surface area contributed by atoms with Crippen molar-refractivity contribution in [2.45, 2.75) is 13.5 Å². The van der Waals surface area contributed by atoms with E-state index >= 15 is 0 Å². The van der Waals surface area contributed by atoms with Crippen molar-refractivity contribution in [2.24, 2.45) is 0 Å². The lowest BCUT2D eigenvalue weighted by Crippen LogP contribution is -2.19. The average Bonchev–Trinajstić information content (AvgIpc) is 3.04. The fourth-order valence-electron chi connectivity index (χ4n) is 1.96. The van der Waals surface area contributed by atoms with E-state index in [2.05, 4.69) is 5.32 Å². The van der Waals surface area contributed by atoms with Gasteiger partial charge in [0.15, 0.2) is 11.5 Å². The third kappa shape index (κ3) is 5.01. The van der Waals surface area contributed by atoms with Crippen LogP contribution in [0.5, 0.6) is 11.5 Å². The number of carbonyl (C=O) groups is 1. The van der Waals surface area contributed by atoms with Gasteiger partial charge in [0.1, 0.15) is 0 Å². The second-order valence-corrected chi connectivity index (χ2v) is 5.84. The van der Waals surface area contributed by atoms with Crippen LogP contribution >= 0.6 is 22.9 Å². The molecule has 2 rings (SSSR count). The van der Waals surface area contributed by atoms with Crippen LogP contribution in [-0.2, 0) is 11.3 Å². The molecule has 122 valence electrons. The maximum absolute atomic E-state index is 11.8. The number of carbonyl (C=O) groups excluding carboxylic acids is 1. The molecule has 0 fully saturated rings. The predicted octanol–water partition coefficient (Wildman–Crippen LogP) is 4.14. The lowest BCUT2D eigenvalue weighted by atomic mass is 10.2. The zero-order valence-electron chi connectivity index (χ0n) is 13.0. The smallest absolute Gasteiger partial charge is 0.244 e. The summed E-state index contributed by atoms with van der Waals surface area (Å²) in [5.41, 5.74) is 1.85. The van der Waals surface area contributed by atoms with E-state index < -0.39 is 0 Å². The summed E-state index contributed by atoms with van der Waals surface area (Å²) >= 11 is 7.78. The standard InChI is InChI=1S/C17H18ClNO3S/c1-3-22-15-9-12(8-14(18)17(15)21-2)4-5-16(20)19-10-13-6-7-23-11-13/h4-9,11H,3,10H2,1-2H3,(H,19,20)/b5-4+. The normalized spacial score (nSPS) is 10.7. The molecular weight excluding hydrogens is 334 g/mol. The minimum Gasteiger partial charge on any atom is -0.491 e. The van der Waals surface area contributed by atoms with Crippen LogP contribution in [0, 0.1) is 0 Å². The van der Waals surface area contributed by atoms with Crippen LogP contribution in [0.15, 0.2) is 35.0 Å². The Kier molecular flexibility index (Phi) is 6.50. The van der Waals surface area contributed by atoms with Crippen molar-refractivity contribution in [1.29, 1.82) is 0 Å². The topological polar surface area (TPSA) is 47.6 Å². The fourth-order valence-corrected chi connectivity index (χ4v) is 2.92. The van der Waals surface area contributed by atoms with Gasteiger partial charge in [-0.15, -0.1) is 0 Å².